The molecular weight excluding hydrogens is 324 g/mol. The molecule has 4 nitrogen and oxygen atoms in total. The van der Waals surface area contributed by atoms with Crippen molar-refractivity contribution >= 4 is 0 Å². The summed E-state index contributed by atoms with van der Waals surface area (Å²) in [6.45, 7) is 17.1. The molecule has 146 valence electrons. The lowest BCUT2D eigenvalue weighted by Gasteiger charge is -2.45. The molecule has 0 unspecified atom stereocenters. The van der Waals surface area contributed by atoms with Gasteiger partial charge in [0.1, 0.15) is 11.2 Å². The minimum absolute atomic E-state index is 0.0654. The van der Waals surface area contributed by atoms with Gasteiger partial charge in [-0.1, -0.05) is 11.8 Å². The summed E-state index contributed by atoms with van der Waals surface area (Å²) in [5.74, 6) is 11.7. The molecule has 0 aromatic rings. The lowest BCUT2D eigenvalue weighted by Crippen LogP contribution is -3.06. The topological polar surface area (TPSA) is 73.7 Å². The highest BCUT2D eigenvalue weighted by Crippen LogP contribution is 2.31. The highest BCUT2D eigenvalue weighted by Gasteiger charge is 2.50. The highest BCUT2D eigenvalue weighted by atomic mass is 16.3. The Morgan fingerprint density at radius 2 is 0.769 bits per heavy atom. The molecule has 0 spiro atoms. The Morgan fingerprint density at radius 1 is 0.538 bits per heavy atom. The monoisotopic (exact) mass is 362 g/mol. The minimum Gasteiger partial charge on any atom is -0.377 e. The predicted octanol–water partition coefficient (Wildman–Crippen LogP) is 0.284. The smallest absolute Gasteiger partial charge is 0.138 e. The number of hydrogen-bond acceptors (Lipinski definition) is 2. The molecule has 0 saturated carbocycles. The average molecular weight is 363 g/mol. The summed E-state index contributed by atoms with van der Waals surface area (Å²) in [5, 5.41) is 26.6. The number of piperidine rings is 2. The number of rotatable bonds is 0. The third kappa shape index (κ3) is 5.73. The minimum atomic E-state index is -1.03. The Balaban J connectivity index is 2.20. The Kier molecular flexibility index (Phi) is 5.11. The van der Waals surface area contributed by atoms with Gasteiger partial charge in [0.15, 0.2) is 0 Å². The SMILES string of the molecule is CC1(C)CC(O)(C#CC#CC2(O)CC(C)(C)[NH2+]C(C)(C)C2)CC(C)(C)[NH2+]1. The van der Waals surface area contributed by atoms with E-state index in [0.717, 1.165) is 0 Å². The van der Waals surface area contributed by atoms with E-state index in [2.05, 4.69) is 89.7 Å². The molecule has 2 heterocycles. The Hall–Kier alpha value is -1.04. The molecule has 2 fully saturated rings. The van der Waals surface area contributed by atoms with Crippen LogP contribution in [0.2, 0.25) is 0 Å². The first-order chi connectivity index (χ1) is 11.4. The van der Waals surface area contributed by atoms with E-state index >= 15 is 0 Å². The van der Waals surface area contributed by atoms with Crippen LogP contribution in [0, 0.1) is 23.7 Å². The highest BCUT2D eigenvalue weighted by molar-refractivity contribution is 5.34. The first-order valence-electron chi connectivity index (χ1n) is 9.68. The molecule has 0 aliphatic carbocycles. The van der Waals surface area contributed by atoms with Crippen molar-refractivity contribution < 1.29 is 20.8 Å². The zero-order chi connectivity index (χ0) is 20.1. The van der Waals surface area contributed by atoms with Crippen LogP contribution in [0.25, 0.3) is 0 Å². The van der Waals surface area contributed by atoms with Crippen LogP contribution >= 0.6 is 0 Å². The zero-order valence-electron chi connectivity index (χ0n) is 17.9. The Labute approximate surface area is 159 Å². The van der Waals surface area contributed by atoms with Crippen molar-refractivity contribution in [2.75, 3.05) is 0 Å². The van der Waals surface area contributed by atoms with E-state index in [0.29, 0.717) is 25.7 Å². The van der Waals surface area contributed by atoms with Crippen LogP contribution in [0.5, 0.6) is 0 Å². The van der Waals surface area contributed by atoms with Crippen molar-refractivity contribution in [1.82, 2.24) is 0 Å². The lowest BCUT2D eigenvalue weighted by atomic mass is 9.73. The van der Waals surface area contributed by atoms with Gasteiger partial charge in [-0.15, -0.1) is 0 Å². The maximum atomic E-state index is 11.0. The van der Waals surface area contributed by atoms with E-state index < -0.39 is 11.2 Å². The standard InChI is InChI=1S/C22H36N2O2/c1-17(2)13-21(25,14-18(3,4)23-17)11-9-10-12-22(26)15-19(5,6)24-20(7,8)16-22/h23-26H,13-16H2,1-8H3/p+2. The molecule has 2 aliphatic rings. The lowest BCUT2D eigenvalue weighted by molar-refractivity contribution is -0.792. The molecule has 4 heteroatoms. The third-order valence-corrected chi connectivity index (χ3v) is 5.21. The molecule has 0 radical (unpaired) electrons. The van der Waals surface area contributed by atoms with Crippen molar-refractivity contribution in [3.63, 3.8) is 0 Å². The van der Waals surface area contributed by atoms with Gasteiger partial charge in [-0.3, -0.25) is 0 Å². The second-order valence-corrected chi connectivity index (χ2v) is 11.5. The summed E-state index contributed by atoms with van der Waals surface area (Å²) in [6.07, 6.45) is 2.43. The fraction of sp³-hybridized carbons (Fsp3) is 0.818. The van der Waals surface area contributed by atoms with E-state index in [1.807, 2.05) is 0 Å². The fourth-order valence-corrected chi connectivity index (χ4v) is 5.93. The molecule has 6 N–H and O–H groups in total. The summed E-state index contributed by atoms with van der Waals surface area (Å²) < 4.78 is 0. The van der Waals surface area contributed by atoms with Crippen LogP contribution in [-0.2, 0) is 0 Å². The molecule has 0 aromatic carbocycles. The van der Waals surface area contributed by atoms with Gasteiger partial charge in [-0.2, -0.15) is 0 Å². The van der Waals surface area contributed by atoms with Gasteiger partial charge in [0.2, 0.25) is 0 Å². The van der Waals surface area contributed by atoms with Crippen LogP contribution in [-0.4, -0.2) is 43.6 Å². The molecule has 0 bridgehead atoms. The first kappa shape index (κ1) is 21.3. The van der Waals surface area contributed by atoms with Crippen molar-refractivity contribution in [3.05, 3.63) is 0 Å². The third-order valence-electron chi connectivity index (χ3n) is 5.21. The first-order valence-corrected chi connectivity index (χ1v) is 9.68. The summed E-state index contributed by atoms with van der Waals surface area (Å²) in [6, 6.07) is 0. The number of hydrogen-bond donors (Lipinski definition) is 4. The second kappa shape index (κ2) is 6.25. The molecule has 0 aromatic heterocycles. The maximum Gasteiger partial charge on any atom is 0.138 e. The predicted molar refractivity (Wildman–Crippen MR) is 104 cm³/mol. The van der Waals surface area contributed by atoms with Crippen LogP contribution < -0.4 is 10.6 Å². The quantitative estimate of drug-likeness (QED) is 0.468. The van der Waals surface area contributed by atoms with Gasteiger partial charge >= 0.3 is 0 Å². The van der Waals surface area contributed by atoms with Gasteiger partial charge in [0.25, 0.3) is 0 Å². The molecule has 2 aliphatic heterocycles. The summed E-state index contributed by atoms with van der Waals surface area (Å²) in [7, 11) is 0. The van der Waals surface area contributed by atoms with Gasteiger partial charge in [-0.25, -0.2) is 0 Å². The second-order valence-electron chi connectivity index (χ2n) is 11.5. The van der Waals surface area contributed by atoms with Crippen molar-refractivity contribution in [1.29, 1.82) is 0 Å². The van der Waals surface area contributed by atoms with Gasteiger partial charge in [0, 0.05) is 25.7 Å². The van der Waals surface area contributed by atoms with Crippen LogP contribution in [0.4, 0.5) is 0 Å². The summed E-state index contributed by atoms with van der Waals surface area (Å²) >= 11 is 0. The summed E-state index contributed by atoms with van der Waals surface area (Å²) in [4.78, 5) is 0. The van der Waals surface area contributed by atoms with Crippen LogP contribution in [0.3, 0.4) is 0 Å². The molecule has 2 saturated heterocycles. The van der Waals surface area contributed by atoms with E-state index in [1.165, 1.54) is 0 Å². The number of nitrogens with two attached hydrogens (primary N) is 2. The molecule has 0 amide bonds. The van der Waals surface area contributed by atoms with E-state index in [4.69, 9.17) is 0 Å². The zero-order valence-corrected chi connectivity index (χ0v) is 17.9. The maximum absolute atomic E-state index is 11.0. The van der Waals surface area contributed by atoms with E-state index in [9.17, 15) is 10.2 Å². The van der Waals surface area contributed by atoms with Gasteiger partial charge in [0.05, 0.1) is 22.2 Å². The van der Waals surface area contributed by atoms with E-state index in [1.54, 1.807) is 0 Å². The number of aliphatic hydroxyl groups is 2. The van der Waals surface area contributed by atoms with Gasteiger partial charge in [-0.05, 0) is 67.2 Å². The largest absolute Gasteiger partial charge is 0.377 e. The van der Waals surface area contributed by atoms with E-state index in [-0.39, 0.29) is 22.2 Å². The van der Waals surface area contributed by atoms with Crippen LogP contribution in [0.1, 0.15) is 81.1 Å². The van der Waals surface area contributed by atoms with Crippen molar-refractivity contribution in [2.45, 2.75) is 114 Å². The molecule has 26 heavy (non-hydrogen) atoms. The Bertz CT molecular complexity index is 588. The molecule has 0 atom stereocenters. The van der Waals surface area contributed by atoms with Crippen molar-refractivity contribution in [3.8, 4) is 23.7 Å². The van der Waals surface area contributed by atoms with Crippen LogP contribution in [0.15, 0.2) is 0 Å². The molecular formula is C22H38N2O2+2. The number of quaternary nitrogens is 2. The Morgan fingerprint density at radius 3 is 1.00 bits per heavy atom. The van der Waals surface area contributed by atoms with Crippen molar-refractivity contribution in [2.24, 2.45) is 0 Å². The molecule has 2 rings (SSSR count). The average Bonchev–Trinajstić information content (AvgIpc) is 2.25. The summed E-state index contributed by atoms with van der Waals surface area (Å²) in [5.41, 5.74) is -2.32. The van der Waals surface area contributed by atoms with Gasteiger partial charge < -0.3 is 20.8 Å². The fourth-order valence-electron chi connectivity index (χ4n) is 5.93. The normalized spacial score (nSPS) is 29.5.